The van der Waals surface area contributed by atoms with Crippen LogP contribution in [0.15, 0.2) is 0 Å². The maximum Gasteiger partial charge on any atom is 0.272 e. The molecule has 0 aromatic carbocycles. The summed E-state index contributed by atoms with van der Waals surface area (Å²) >= 11 is 0. The van der Waals surface area contributed by atoms with Gasteiger partial charge in [0, 0.05) is 17.3 Å². The minimum atomic E-state index is 0.0401. The van der Waals surface area contributed by atoms with Gasteiger partial charge in [-0.05, 0) is 69.6 Å². The first kappa shape index (κ1) is 15.2. The lowest BCUT2D eigenvalue weighted by molar-refractivity contribution is 0.0909. The van der Waals surface area contributed by atoms with Gasteiger partial charge in [0.25, 0.3) is 5.91 Å². The van der Waals surface area contributed by atoms with E-state index in [1.807, 2.05) is 0 Å². The van der Waals surface area contributed by atoms with Gasteiger partial charge in [0.1, 0.15) is 0 Å². The van der Waals surface area contributed by atoms with Crippen LogP contribution >= 0.6 is 0 Å². The predicted octanol–water partition coefficient (Wildman–Crippen LogP) is 3.62. The van der Waals surface area contributed by atoms with Crippen molar-refractivity contribution in [3.63, 3.8) is 0 Å². The number of rotatable bonds is 3. The Balaban J connectivity index is 1.44. The Morgan fingerprint density at radius 1 is 1.17 bits per heavy atom. The highest BCUT2D eigenvalue weighted by atomic mass is 16.2. The lowest BCUT2D eigenvalue weighted by Gasteiger charge is -2.28. The molecule has 2 saturated carbocycles. The number of hydrogen-bond acceptors (Lipinski definition) is 2. The number of nitrogens with one attached hydrogen (secondary N) is 2. The molecule has 126 valence electrons. The van der Waals surface area contributed by atoms with Crippen molar-refractivity contribution in [1.29, 1.82) is 0 Å². The molecular weight excluding hydrogens is 286 g/mol. The molecule has 1 heterocycles. The molecule has 1 aromatic heterocycles. The third-order valence-electron chi connectivity index (χ3n) is 6.57. The number of aryl methyl sites for hydroxylation is 1. The second-order valence-electron chi connectivity index (χ2n) is 8.04. The first-order valence-corrected chi connectivity index (χ1v) is 9.59. The zero-order chi connectivity index (χ0) is 15.8. The quantitative estimate of drug-likeness (QED) is 0.895. The average Bonchev–Trinajstić information content (AvgIpc) is 3.22. The van der Waals surface area contributed by atoms with E-state index in [2.05, 4.69) is 22.4 Å². The fourth-order valence-electron chi connectivity index (χ4n) is 5.31. The molecule has 0 saturated heterocycles. The van der Waals surface area contributed by atoms with Crippen LogP contribution in [0.2, 0.25) is 0 Å². The molecule has 4 atom stereocenters. The van der Waals surface area contributed by atoms with Crippen LogP contribution in [0.25, 0.3) is 0 Å². The number of aromatic nitrogens is 2. The fraction of sp³-hybridized carbons (Fsp3) is 0.789. The van der Waals surface area contributed by atoms with Crippen molar-refractivity contribution in [2.75, 3.05) is 0 Å². The highest BCUT2D eigenvalue weighted by Crippen LogP contribution is 2.49. The van der Waals surface area contributed by atoms with Crippen molar-refractivity contribution >= 4 is 5.91 Å². The molecule has 23 heavy (non-hydrogen) atoms. The van der Waals surface area contributed by atoms with E-state index in [0.29, 0.717) is 11.6 Å². The molecule has 4 unspecified atom stereocenters. The maximum atomic E-state index is 12.8. The van der Waals surface area contributed by atoms with Crippen LogP contribution in [0.5, 0.6) is 0 Å². The fourth-order valence-corrected chi connectivity index (χ4v) is 5.31. The summed E-state index contributed by atoms with van der Waals surface area (Å²) in [4.78, 5) is 12.8. The van der Waals surface area contributed by atoms with Gasteiger partial charge in [0.2, 0.25) is 0 Å². The van der Waals surface area contributed by atoms with Gasteiger partial charge in [0.15, 0.2) is 5.69 Å². The van der Waals surface area contributed by atoms with Crippen LogP contribution < -0.4 is 5.32 Å². The van der Waals surface area contributed by atoms with E-state index in [-0.39, 0.29) is 11.9 Å². The number of carbonyl (C=O) groups is 1. The largest absolute Gasteiger partial charge is 0.348 e. The zero-order valence-corrected chi connectivity index (χ0v) is 14.2. The lowest BCUT2D eigenvalue weighted by Crippen LogP contribution is -2.40. The summed E-state index contributed by atoms with van der Waals surface area (Å²) in [7, 11) is 0. The Morgan fingerprint density at radius 3 is 2.74 bits per heavy atom. The summed E-state index contributed by atoms with van der Waals surface area (Å²) in [5, 5.41) is 10.8. The molecule has 2 N–H and O–H groups in total. The summed E-state index contributed by atoms with van der Waals surface area (Å²) in [6, 6.07) is 0.277. The van der Waals surface area contributed by atoms with Gasteiger partial charge in [-0.25, -0.2) is 0 Å². The van der Waals surface area contributed by atoms with Crippen LogP contribution in [0.4, 0.5) is 0 Å². The Morgan fingerprint density at radius 2 is 2.00 bits per heavy atom. The highest BCUT2D eigenvalue weighted by Gasteiger charge is 2.42. The van der Waals surface area contributed by atoms with Crippen LogP contribution in [-0.2, 0) is 12.8 Å². The van der Waals surface area contributed by atoms with Gasteiger partial charge in [-0.2, -0.15) is 5.10 Å². The van der Waals surface area contributed by atoms with E-state index >= 15 is 0 Å². The van der Waals surface area contributed by atoms with Crippen molar-refractivity contribution < 1.29 is 4.79 Å². The normalized spacial score (nSPS) is 31.3. The number of aromatic amines is 1. The van der Waals surface area contributed by atoms with E-state index in [9.17, 15) is 4.79 Å². The Hall–Kier alpha value is -1.32. The summed E-state index contributed by atoms with van der Waals surface area (Å²) in [6.45, 7) is 2.19. The van der Waals surface area contributed by atoms with E-state index < -0.39 is 0 Å². The number of H-pyrrole nitrogens is 1. The molecule has 1 aromatic rings. The molecule has 1 amide bonds. The minimum Gasteiger partial charge on any atom is -0.348 e. The molecule has 2 fully saturated rings. The van der Waals surface area contributed by atoms with Gasteiger partial charge in [-0.1, -0.05) is 19.3 Å². The average molecular weight is 315 g/mol. The van der Waals surface area contributed by atoms with Crippen LogP contribution in [0, 0.1) is 17.8 Å². The molecule has 3 aliphatic carbocycles. The van der Waals surface area contributed by atoms with Crippen molar-refractivity contribution in [1.82, 2.24) is 15.5 Å². The first-order valence-electron chi connectivity index (χ1n) is 9.59. The molecule has 0 spiro atoms. The first-order chi connectivity index (χ1) is 11.2. The van der Waals surface area contributed by atoms with Crippen LogP contribution in [-0.4, -0.2) is 22.1 Å². The Labute approximate surface area is 138 Å². The monoisotopic (exact) mass is 315 g/mol. The summed E-state index contributed by atoms with van der Waals surface area (Å²) in [5.74, 6) is 2.49. The second-order valence-corrected chi connectivity index (χ2v) is 8.04. The second kappa shape index (κ2) is 6.29. The highest BCUT2D eigenvalue weighted by molar-refractivity contribution is 5.94. The Kier molecular flexibility index (Phi) is 4.16. The van der Waals surface area contributed by atoms with E-state index in [0.717, 1.165) is 24.7 Å². The molecule has 0 radical (unpaired) electrons. The number of hydrogen-bond donors (Lipinski definition) is 2. The molecule has 4 rings (SSSR count). The smallest absolute Gasteiger partial charge is 0.272 e. The number of carbonyl (C=O) groups excluding carboxylic acids is 1. The molecule has 2 bridgehead atoms. The predicted molar refractivity (Wildman–Crippen MR) is 90.3 cm³/mol. The topological polar surface area (TPSA) is 57.8 Å². The van der Waals surface area contributed by atoms with Crippen LogP contribution in [0.3, 0.4) is 0 Å². The number of amides is 1. The van der Waals surface area contributed by atoms with Gasteiger partial charge in [0.05, 0.1) is 0 Å². The molecule has 0 aliphatic heterocycles. The van der Waals surface area contributed by atoms with Gasteiger partial charge in [-0.15, -0.1) is 0 Å². The Bertz CT molecular complexity index is 579. The third-order valence-corrected chi connectivity index (χ3v) is 6.57. The molecular formula is C19H29N3O. The molecule has 4 heteroatoms. The number of nitrogens with zero attached hydrogens (tertiary/aromatic N) is 1. The summed E-state index contributed by atoms with van der Waals surface area (Å²) in [5.41, 5.74) is 3.04. The summed E-state index contributed by atoms with van der Waals surface area (Å²) in [6.07, 6.45) is 12.5. The van der Waals surface area contributed by atoms with Gasteiger partial charge < -0.3 is 5.32 Å². The van der Waals surface area contributed by atoms with E-state index in [1.165, 1.54) is 62.6 Å². The maximum absolute atomic E-state index is 12.8. The standard InChI is InChI=1S/C19H29N3O/c1-12(16-11-13-8-9-14(16)10-13)20-19(23)18-15-6-4-2-3-5-7-17(15)21-22-18/h12-14,16H,2-11H2,1H3,(H,20,23)(H,21,22). The van der Waals surface area contributed by atoms with Crippen molar-refractivity contribution in [3.05, 3.63) is 17.0 Å². The number of fused-ring (bicyclic) bond motifs is 3. The lowest BCUT2D eigenvalue weighted by atomic mass is 9.84. The zero-order valence-electron chi connectivity index (χ0n) is 14.2. The van der Waals surface area contributed by atoms with Gasteiger partial charge in [-0.3, -0.25) is 9.89 Å². The van der Waals surface area contributed by atoms with Crippen molar-refractivity contribution in [3.8, 4) is 0 Å². The molecule has 3 aliphatic rings. The minimum absolute atomic E-state index is 0.0401. The van der Waals surface area contributed by atoms with Crippen LogP contribution in [0.1, 0.15) is 80.0 Å². The van der Waals surface area contributed by atoms with E-state index in [1.54, 1.807) is 0 Å². The SMILES string of the molecule is CC(NC(=O)c1n[nH]c2c1CCCCCC2)C1CC2CCC1C2. The van der Waals surface area contributed by atoms with Crippen molar-refractivity contribution in [2.24, 2.45) is 17.8 Å². The third kappa shape index (κ3) is 2.92. The summed E-state index contributed by atoms with van der Waals surface area (Å²) < 4.78 is 0. The molecule has 4 nitrogen and oxygen atoms in total. The van der Waals surface area contributed by atoms with Gasteiger partial charge >= 0.3 is 0 Å². The van der Waals surface area contributed by atoms with Crippen molar-refractivity contribution in [2.45, 2.75) is 77.2 Å². The van der Waals surface area contributed by atoms with E-state index in [4.69, 9.17) is 0 Å².